The Balaban J connectivity index is 2.09. The Hall–Kier alpha value is -3.17. The second-order valence-corrected chi connectivity index (χ2v) is 6.16. The summed E-state index contributed by atoms with van der Waals surface area (Å²) in [5.74, 6) is -1.12. The van der Waals surface area contributed by atoms with Crippen LogP contribution in [0, 0.1) is 12.7 Å². The fraction of sp³-hybridized carbons (Fsp3) is 0.278. The van der Waals surface area contributed by atoms with Gasteiger partial charge in [0.25, 0.3) is 5.91 Å². The van der Waals surface area contributed by atoms with Crippen molar-refractivity contribution in [3.8, 4) is 17.0 Å². The fourth-order valence-corrected chi connectivity index (χ4v) is 2.65. The number of carbonyl (C=O) groups is 1. The summed E-state index contributed by atoms with van der Waals surface area (Å²) < 4.78 is 58.5. The molecular weight excluding hydrogens is 380 g/mol. The van der Waals surface area contributed by atoms with Crippen molar-refractivity contribution in [2.45, 2.75) is 26.1 Å². The average molecular weight is 396 g/mol. The van der Waals surface area contributed by atoms with Gasteiger partial charge in [0.2, 0.25) is 0 Å². The number of alkyl halides is 3. The Kier molecular flexibility index (Phi) is 4.97. The average Bonchev–Trinajstić information content (AvgIpc) is 3.05. The topological polar surface area (TPSA) is 68.5 Å². The highest BCUT2D eigenvalue weighted by Gasteiger charge is 2.37. The van der Waals surface area contributed by atoms with E-state index < -0.39 is 23.9 Å². The first-order chi connectivity index (χ1) is 13.1. The SMILES string of the molecule is COc1ccc(F)cc1-c1cc(C)n2ncc(C(=O)NC(C)C(F)(F)F)c2n1. The van der Waals surface area contributed by atoms with E-state index in [1.165, 1.54) is 29.8 Å². The number of amides is 1. The van der Waals surface area contributed by atoms with Gasteiger partial charge in [-0.25, -0.2) is 13.9 Å². The predicted octanol–water partition coefficient (Wildman–Crippen LogP) is 3.53. The molecule has 2 aromatic heterocycles. The van der Waals surface area contributed by atoms with Crippen molar-refractivity contribution in [3.05, 3.63) is 47.5 Å². The standard InChI is InChI=1S/C18H16F4N4O2/c1-9-6-14(12-7-11(19)4-5-15(12)28-3)25-16-13(8-23-26(9)16)17(27)24-10(2)18(20,21)22/h4-8,10H,1-3H3,(H,24,27). The maximum Gasteiger partial charge on any atom is 0.408 e. The maximum atomic E-state index is 13.7. The van der Waals surface area contributed by atoms with Crippen LogP contribution in [0.25, 0.3) is 16.9 Å². The van der Waals surface area contributed by atoms with Crippen LogP contribution in [0.4, 0.5) is 17.6 Å². The Labute approximate surface area is 157 Å². The summed E-state index contributed by atoms with van der Waals surface area (Å²) in [6, 6.07) is 3.45. The first-order valence-corrected chi connectivity index (χ1v) is 8.18. The molecule has 0 aliphatic heterocycles. The molecule has 3 rings (SSSR count). The van der Waals surface area contributed by atoms with Crippen molar-refractivity contribution in [3.63, 3.8) is 0 Å². The van der Waals surface area contributed by atoms with Crippen LogP contribution >= 0.6 is 0 Å². The predicted molar refractivity (Wildman–Crippen MR) is 92.7 cm³/mol. The normalized spacial score (nSPS) is 12.8. The molecule has 1 N–H and O–H groups in total. The third-order valence-corrected chi connectivity index (χ3v) is 4.17. The van der Waals surface area contributed by atoms with Gasteiger partial charge in [0, 0.05) is 11.3 Å². The molecule has 0 saturated heterocycles. The van der Waals surface area contributed by atoms with E-state index in [-0.39, 0.29) is 11.2 Å². The molecule has 1 amide bonds. The lowest BCUT2D eigenvalue weighted by molar-refractivity contribution is -0.149. The van der Waals surface area contributed by atoms with Gasteiger partial charge >= 0.3 is 6.18 Å². The lowest BCUT2D eigenvalue weighted by Gasteiger charge is -2.16. The summed E-state index contributed by atoms with van der Waals surface area (Å²) in [5, 5.41) is 5.89. The molecule has 1 aromatic carbocycles. The highest BCUT2D eigenvalue weighted by molar-refractivity contribution is 6.00. The van der Waals surface area contributed by atoms with E-state index in [0.717, 1.165) is 13.1 Å². The molecule has 1 unspecified atom stereocenters. The number of ether oxygens (including phenoxy) is 1. The lowest BCUT2D eigenvalue weighted by Crippen LogP contribution is -2.43. The number of halogens is 4. The molecule has 1 atom stereocenters. The molecule has 0 saturated carbocycles. The van der Waals surface area contributed by atoms with Gasteiger partial charge in [-0.2, -0.15) is 18.3 Å². The molecule has 0 fully saturated rings. The third kappa shape index (κ3) is 3.62. The zero-order valence-corrected chi connectivity index (χ0v) is 15.1. The van der Waals surface area contributed by atoms with Gasteiger partial charge in [-0.1, -0.05) is 0 Å². The van der Waals surface area contributed by atoms with Crippen LogP contribution in [0.1, 0.15) is 23.0 Å². The number of aryl methyl sites for hydroxylation is 1. The molecule has 3 aromatic rings. The molecule has 0 bridgehead atoms. The van der Waals surface area contributed by atoms with Gasteiger partial charge in [0.15, 0.2) is 5.65 Å². The number of methoxy groups -OCH3 is 1. The van der Waals surface area contributed by atoms with Crippen LogP contribution in [0.5, 0.6) is 5.75 Å². The molecular formula is C18H16F4N4O2. The Bertz CT molecular complexity index is 1050. The smallest absolute Gasteiger partial charge is 0.408 e. The third-order valence-electron chi connectivity index (χ3n) is 4.17. The van der Waals surface area contributed by atoms with Gasteiger partial charge in [0.05, 0.1) is 19.0 Å². The Morgan fingerprint density at radius 3 is 2.64 bits per heavy atom. The minimum Gasteiger partial charge on any atom is -0.496 e. The molecule has 28 heavy (non-hydrogen) atoms. The van der Waals surface area contributed by atoms with Gasteiger partial charge in [-0.05, 0) is 38.1 Å². The highest BCUT2D eigenvalue weighted by atomic mass is 19.4. The van der Waals surface area contributed by atoms with E-state index in [1.807, 2.05) is 5.32 Å². The van der Waals surface area contributed by atoms with E-state index in [4.69, 9.17) is 4.74 Å². The van der Waals surface area contributed by atoms with Crippen molar-refractivity contribution in [1.82, 2.24) is 19.9 Å². The molecule has 6 nitrogen and oxygen atoms in total. The van der Waals surface area contributed by atoms with Gasteiger partial charge in [-0.3, -0.25) is 4.79 Å². The van der Waals surface area contributed by atoms with E-state index in [9.17, 15) is 22.4 Å². The zero-order valence-electron chi connectivity index (χ0n) is 15.1. The molecule has 10 heteroatoms. The van der Waals surface area contributed by atoms with Crippen LogP contribution in [-0.4, -0.2) is 39.8 Å². The first kappa shape index (κ1) is 19.6. The fourth-order valence-electron chi connectivity index (χ4n) is 2.65. The van der Waals surface area contributed by atoms with Crippen LogP contribution in [0.15, 0.2) is 30.5 Å². The van der Waals surface area contributed by atoms with Gasteiger partial charge in [-0.15, -0.1) is 0 Å². The van der Waals surface area contributed by atoms with Crippen LogP contribution in [0.2, 0.25) is 0 Å². The van der Waals surface area contributed by atoms with Crippen molar-refractivity contribution >= 4 is 11.6 Å². The number of rotatable bonds is 4. The van der Waals surface area contributed by atoms with Gasteiger partial charge < -0.3 is 10.1 Å². The van der Waals surface area contributed by atoms with Gasteiger partial charge in [0.1, 0.15) is 23.2 Å². The molecule has 148 valence electrons. The maximum absolute atomic E-state index is 13.7. The first-order valence-electron chi connectivity index (χ1n) is 8.18. The summed E-state index contributed by atoms with van der Waals surface area (Å²) in [6.45, 7) is 2.52. The minimum absolute atomic E-state index is 0.0492. The Morgan fingerprint density at radius 2 is 2.00 bits per heavy atom. The summed E-state index contributed by atoms with van der Waals surface area (Å²) in [6.07, 6.45) is -3.44. The number of hydrogen-bond acceptors (Lipinski definition) is 4. The van der Waals surface area contributed by atoms with Crippen molar-refractivity contribution < 1.29 is 27.1 Å². The minimum atomic E-state index is -4.58. The van der Waals surface area contributed by atoms with Crippen molar-refractivity contribution in [2.75, 3.05) is 7.11 Å². The second-order valence-electron chi connectivity index (χ2n) is 6.16. The number of aromatic nitrogens is 3. The largest absolute Gasteiger partial charge is 0.496 e. The van der Waals surface area contributed by atoms with E-state index in [2.05, 4.69) is 10.1 Å². The summed E-state index contributed by atoms with van der Waals surface area (Å²) in [5.41, 5.74) is 1.10. The molecule has 0 aliphatic rings. The van der Waals surface area contributed by atoms with Crippen molar-refractivity contribution in [2.24, 2.45) is 0 Å². The highest BCUT2D eigenvalue weighted by Crippen LogP contribution is 2.30. The monoisotopic (exact) mass is 396 g/mol. The van der Waals surface area contributed by atoms with E-state index in [0.29, 0.717) is 22.7 Å². The number of benzene rings is 1. The lowest BCUT2D eigenvalue weighted by atomic mass is 10.1. The summed E-state index contributed by atoms with van der Waals surface area (Å²) in [4.78, 5) is 16.6. The van der Waals surface area contributed by atoms with Crippen LogP contribution in [-0.2, 0) is 0 Å². The number of hydrogen-bond donors (Lipinski definition) is 1. The Morgan fingerprint density at radius 1 is 1.29 bits per heavy atom. The van der Waals surface area contributed by atoms with Crippen LogP contribution in [0.3, 0.4) is 0 Å². The zero-order chi connectivity index (χ0) is 20.6. The summed E-state index contributed by atoms with van der Waals surface area (Å²) in [7, 11) is 1.42. The number of nitrogens with one attached hydrogen (secondary N) is 1. The van der Waals surface area contributed by atoms with E-state index >= 15 is 0 Å². The quantitative estimate of drug-likeness (QED) is 0.685. The summed E-state index contributed by atoms with van der Waals surface area (Å²) >= 11 is 0. The molecule has 0 spiro atoms. The second kappa shape index (κ2) is 7.10. The van der Waals surface area contributed by atoms with E-state index in [1.54, 1.807) is 13.0 Å². The molecule has 0 aliphatic carbocycles. The number of nitrogens with zero attached hydrogens (tertiary/aromatic N) is 3. The number of carbonyl (C=O) groups excluding carboxylic acids is 1. The van der Waals surface area contributed by atoms with Crippen LogP contribution < -0.4 is 10.1 Å². The van der Waals surface area contributed by atoms with Crippen molar-refractivity contribution in [1.29, 1.82) is 0 Å². The molecule has 0 radical (unpaired) electrons. The number of fused-ring (bicyclic) bond motifs is 1. The molecule has 2 heterocycles.